The molecule has 4 rings (SSSR count). The zero-order valence-electron chi connectivity index (χ0n) is 17.7. The molecule has 1 heterocycles. The highest BCUT2D eigenvalue weighted by atomic mass is 32.1. The molecule has 1 N–H and O–H groups in total. The third-order valence-corrected chi connectivity index (χ3v) is 7.68. The van der Waals surface area contributed by atoms with Crippen LogP contribution in [0, 0.1) is 5.92 Å². The summed E-state index contributed by atoms with van der Waals surface area (Å²) in [7, 11) is 0. The molecule has 1 saturated carbocycles. The first kappa shape index (κ1) is 20.1. The SMILES string of the molecule is CC1(C)CCC(C)(C)c2sc(N(CC3CC3)c3ccc(/C=C/C(=O)O)cc3)nc21. The Labute approximate surface area is 177 Å². The lowest BCUT2D eigenvalue weighted by atomic mass is 9.69. The second kappa shape index (κ2) is 7.28. The molecule has 0 spiro atoms. The van der Waals surface area contributed by atoms with Crippen LogP contribution in [0.1, 0.15) is 69.5 Å². The van der Waals surface area contributed by atoms with Crippen LogP contribution in [0.4, 0.5) is 10.8 Å². The molecule has 0 radical (unpaired) electrons. The van der Waals surface area contributed by atoms with Crippen LogP contribution in [0.2, 0.25) is 0 Å². The number of rotatable bonds is 6. The van der Waals surface area contributed by atoms with Crippen molar-refractivity contribution < 1.29 is 9.90 Å². The molecule has 0 atom stereocenters. The van der Waals surface area contributed by atoms with Gasteiger partial charge in [-0.2, -0.15) is 0 Å². The summed E-state index contributed by atoms with van der Waals surface area (Å²) < 4.78 is 0. The molecule has 1 aromatic carbocycles. The molecule has 5 heteroatoms. The molecule has 1 aromatic heterocycles. The molecule has 0 amide bonds. The zero-order chi connectivity index (χ0) is 20.8. The van der Waals surface area contributed by atoms with E-state index in [-0.39, 0.29) is 10.8 Å². The smallest absolute Gasteiger partial charge is 0.328 e. The summed E-state index contributed by atoms with van der Waals surface area (Å²) in [4.78, 5) is 19.8. The Kier molecular flexibility index (Phi) is 5.06. The van der Waals surface area contributed by atoms with Crippen molar-refractivity contribution in [1.29, 1.82) is 0 Å². The number of carbonyl (C=O) groups is 1. The van der Waals surface area contributed by atoms with Crippen molar-refractivity contribution in [1.82, 2.24) is 4.98 Å². The van der Waals surface area contributed by atoms with Crippen LogP contribution in [0.3, 0.4) is 0 Å². The van der Waals surface area contributed by atoms with Crippen LogP contribution in [0.15, 0.2) is 30.3 Å². The molecule has 0 aliphatic heterocycles. The van der Waals surface area contributed by atoms with Gasteiger partial charge in [-0.25, -0.2) is 9.78 Å². The Bertz CT molecular complexity index is 903. The van der Waals surface area contributed by atoms with Crippen molar-refractivity contribution >= 4 is 34.2 Å². The minimum atomic E-state index is -0.928. The van der Waals surface area contributed by atoms with Gasteiger partial charge in [0.15, 0.2) is 5.13 Å². The predicted molar refractivity (Wildman–Crippen MR) is 120 cm³/mol. The number of aliphatic carboxylic acids is 1. The van der Waals surface area contributed by atoms with E-state index in [1.54, 1.807) is 6.08 Å². The second-order valence-corrected chi connectivity index (χ2v) is 10.7. The molecule has 4 nitrogen and oxygen atoms in total. The third kappa shape index (κ3) is 4.25. The van der Waals surface area contributed by atoms with E-state index in [1.807, 2.05) is 23.5 Å². The van der Waals surface area contributed by atoms with Gasteiger partial charge in [0.25, 0.3) is 0 Å². The third-order valence-electron chi connectivity index (χ3n) is 6.24. The number of aromatic nitrogens is 1. The molecule has 0 saturated heterocycles. The van der Waals surface area contributed by atoms with Gasteiger partial charge in [0.05, 0.1) is 5.69 Å². The van der Waals surface area contributed by atoms with Gasteiger partial charge >= 0.3 is 5.97 Å². The highest BCUT2D eigenvalue weighted by Crippen LogP contribution is 2.50. The van der Waals surface area contributed by atoms with Crippen molar-refractivity contribution in [3.05, 3.63) is 46.5 Å². The number of hydrogen-bond donors (Lipinski definition) is 1. The summed E-state index contributed by atoms with van der Waals surface area (Å²) in [6.45, 7) is 10.3. The number of carboxylic acid groups (broad SMARTS) is 1. The topological polar surface area (TPSA) is 53.4 Å². The monoisotopic (exact) mass is 410 g/mol. The van der Waals surface area contributed by atoms with E-state index < -0.39 is 5.97 Å². The number of thiazole rings is 1. The number of hydrogen-bond acceptors (Lipinski definition) is 4. The standard InChI is InChI=1S/C24H30N2O2S/c1-23(2)13-14-24(3,4)21-20(23)25-22(29-21)26(15-17-5-6-17)18-10-7-16(8-11-18)9-12-19(27)28/h7-12,17H,5-6,13-15H2,1-4H3,(H,27,28)/b12-9+. The van der Waals surface area contributed by atoms with Crippen molar-refractivity contribution in [2.45, 2.75) is 64.2 Å². The van der Waals surface area contributed by atoms with Gasteiger partial charge in [-0.1, -0.05) is 39.8 Å². The van der Waals surface area contributed by atoms with Gasteiger partial charge in [0, 0.05) is 34.0 Å². The fourth-order valence-electron chi connectivity index (χ4n) is 3.98. The molecule has 2 aliphatic rings. The van der Waals surface area contributed by atoms with Crippen LogP contribution in [-0.4, -0.2) is 22.6 Å². The first-order valence-corrected chi connectivity index (χ1v) is 11.3. The van der Waals surface area contributed by atoms with Gasteiger partial charge in [-0.3, -0.25) is 0 Å². The van der Waals surface area contributed by atoms with Crippen LogP contribution in [0.5, 0.6) is 0 Å². The Morgan fingerprint density at radius 3 is 2.41 bits per heavy atom. The van der Waals surface area contributed by atoms with E-state index in [4.69, 9.17) is 10.1 Å². The molecular formula is C24H30N2O2S. The highest BCUT2D eigenvalue weighted by molar-refractivity contribution is 7.16. The normalized spacial score (nSPS) is 19.9. The Morgan fingerprint density at radius 1 is 1.17 bits per heavy atom. The lowest BCUT2D eigenvalue weighted by Crippen LogP contribution is -2.32. The summed E-state index contributed by atoms with van der Waals surface area (Å²) in [6.07, 6.45) is 7.75. The number of carboxylic acids is 1. The van der Waals surface area contributed by atoms with E-state index in [0.717, 1.165) is 28.8 Å². The molecule has 0 unspecified atom stereocenters. The van der Waals surface area contributed by atoms with E-state index in [0.29, 0.717) is 0 Å². The summed E-state index contributed by atoms with van der Waals surface area (Å²) in [5.41, 5.74) is 3.60. The van der Waals surface area contributed by atoms with Gasteiger partial charge in [-0.15, -0.1) is 11.3 Å². The summed E-state index contributed by atoms with van der Waals surface area (Å²) >= 11 is 1.86. The Hall–Kier alpha value is -2.14. The first-order chi connectivity index (χ1) is 13.7. The molecule has 0 bridgehead atoms. The largest absolute Gasteiger partial charge is 0.478 e. The van der Waals surface area contributed by atoms with Crippen molar-refractivity contribution in [3.8, 4) is 0 Å². The van der Waals surface area contributed by atoms with E-state index in [1.165, 1.54) is 42.3 Å². The van der Waals surface area contributed by atoms with Gasteiger partial charge in [0.1, 0.15) is 0 Å². The average Bonchev–Trinajstić information content (AvgIpc) is 3.36. The minimum Gasteiger partial charge on any atom is -0.478 e. The highest BCUT2D eigenvalue weighted by Gasteiger charge is 2.41. The van der Waals surface area contributed by atoms with E-state index in [9.17, 15) is 4.79 Å². The van der Waals surface area contributed by atoms with Gasteiger partial charge < -0.3 is 10.0 Å². The lowest BCUT2D eigenvalue weighted by Gasteiger charge is -2.37. The van der Waals surface area contributed by atoms with Crippen LogP contribution in [0.25, 0.3) is 6.08 Å². The summed E-state index contributed by atoms with van der Waals surface area (Å²) in [5, 5.41) is 9.93. The second-order valence-electron chi connectivity index (χ2n) is 9.76. The molecule has 2 aliphatic carbocycles. The number of benzene rings is 1. The maximum absolute atomic E-state index is 10.8. The summed E-state index contributed by atoms with van der Waals surface area (Å²) in [5.74, 6) is -0.188. The van der Waals surface area contributed by atoms with Crippen molar-refractivity contribution in [2.24, 2.45) is 5.92 Å². The molecular weight excluding hydrogens is 380 g/mol. The molecule has 154 valence electrons. The van der Waals surface area contributed by atoms with Gasteiger partial charge in [0.2, 0.25) is 0 Å². The Morgan fingerprint density at radius 2 is 1.83 bits per heavy atom. The maximum atomic E-state index is 10.8. The number of fused-ring (bicyclic) bond motifs is 1. The maximum Gasteiger partial charge on any atom is 0.328 e. The molecule has 1 fully saturated rings. The number of anilines is 2. The lowest BCUT2D eigenvalue weighted by molar-refractivity contribution is -0.131. The minimum absolute atomic E-state index is 0.121. The van der Waals surface area contributed by atoms with E-state index >= 15 is 0 Å². The fraction of sp³-hybridized carbons (Fsp3) is 0.500. The quantitative estimate of drug-likeness (QED) is 0.581. The van der Waals surface area contributed by atoms with Crippen LogP contribution >= 0.6 is 11.3 Å². The van der Waals surface area contributed by atoms with Crippen LogP contribution in [-0.2, 0) is 15.6 Å². The fourth-order valence-corrected chi connectivity index (χ4v) is 5.39. The molecule has 29 heavy (non-hydrogen) atoms. The van der Waals surface area contributed by atoms with E-state index in [2.05, 4.69) is 44.7 Å². The van der Waals surface area contributed by atoms with Crippen LogP contribution < -0.4 is 4.90 Å². The first-order valence-electron chi connectivity index (χ1n) is 10.5. The van der Waals surface area contributed by atoms with Crippen molar-refractivity contribution in [2.75, 3.05) is 11.4 Å². The zero-order valence-corrected chi connectivity index (χ0v) is 18.6. The molecule has 2 aromatic rings. The predicted octanol–water partition coefficient (Wildman–Crippen LogP) is 6.14. The van der Waals surface area contributed by atoms with Gasteiger partial charge in [-0.05, 0) is 55.4 Å². The number of nitrogens with zero attached hydrogens (tertiary/aromatic N) is 2. The summed E-state index contributed by atoms with van der Waals surface area (Å²) in [6, 6.07) is 8.13. The average molecular weight is 411 g/mol. The van der Waals surface area contributed by atoms with Crippen molar-refractivity contribution in [3.63, 3.8) is 0 Å². The Balaban J connectivity index is 1.70.